The van der Waals surface area contributed by atoms with E-state index >= 15 is 0 Å². The average Bonchev–Trinajstić information content (AvgIpc) is 3.16. The smallest absolute Gasteiger partial charge is 0.319 e. The van der Waals surface area contributed by atoms with Crippen molar-refractivity contribution in [2.24, 2.45) is 12.8 Å². The molecule has 2 aromatic heterocycles. The van der Waals surface area contributed by atoms with Gasteiger partial charge in [0.05, 0.1) is 16.8 Å². The summed E-state index contributed by atoms with van der Waals surface area (Å²) < 4.78 is 3.36. The molecule has 4 aromatic rings. The Kier molecular flexibility index (Phi) is 4.08. The van der Waals surface area contributed by atoms with Crippen LogP contribution in [0.5, 0.6) is 11.5 Å². The van der Waals surface area contributed by atoms with Gasteiger partial charge < -0.3 is 20.5 Å². The van der Waals surface area contributed by atoms with Gasteiger partial charge in [-0.2, -0.15) is 0 Å². The molecule has 0 saturated heterocycles. The van der Waals surface area contributed by atoms with Crippen LogP contribution in [0.4, 0.5) is 10.7 Å². The number of nitrogens with two attached hydrogens (primary N) is 1. The molecule has 0 atom stereocenters. The van der Waals surface area contributed by atoms with E-state index in [4.69, 9.17) is 17.3 Å². The van der Waals surface area contributed by atoms with Gasteiger partial charge in [-0.15, -0.1) is 10.2 Å². The molecule has 28 heavy (non-hydrogen) atoms. The van der Waals surface area contributed by atoms with E-state index in [0.717, 1.165) is 10.9 Å². The molecule has 0 radical (unpaired) electrons. The SMILES string of the molecule is Cn1c(Cl)cc2c(-n3c(NC(N)=O)nnc3-c3ccc(O)cc3O)cccc21. The molecular formula is C18H15ClN6O3. The van der Waals surface area contributed by atoms with Crippen molar-refractivity contribution in [3.63, 3.8) is 0 Å². The maximum Gasteiger partial charge on any atom is 0.319 e. The van der Waals surface area contributed by atoms with Gasteiger partial charge in [0.2, 0.25) is 5.95 Å². The van der Waals surface area contributed by atoms with Gasteiger partial charge >= 0.3 is 6.03 Å². The van der Waals surface area contributed by atoms with Crippen molar-refractivity contribution < 1.29 is 15.0 Å². The number of halogens is 1. The van der Waals surface area contributed by atoms with Gasteiger partial charge in [0.25, 0.3) is 0 Å². The monoisotopic (exact) mass is 398 g/mol. The number of phenolic OH excluding ortho intramolecular Hbond substituents is 2. The number of primary amides is 1. The molecule has 0 spiro atoms. The molecule has 2 heterocycles. The molecule has 0 aliphatic carbocycles. The Morgan fingerprint density at radius 1 is 1.18 bits per heavy atom. The lowest BCUT2D eigenvalue weighted by Crippen LogP contribution is -2.22. The number of amides is 2. The number of hydrogen-bond donors (Lipinski definition) is 4. The lowest BCUT2D eigenvalue weighted by Gasteiger charge is -2.13. The largest absolute Gasteiger partial charge is 0.508 e. The number of aromatic nitrogens is 4. The summed E-state index contributed by atoms with van der Waals surface area (Å²) in [4.78, 5) is 11.5. The molecule has 0 fully saturated rings. The fraction of sp³-hybridized carbons (Fsp3) is 0.0556. The highest BCUT2D eigenvalue weighted by molar-refractivity contribution is 6.31. The maximum atomic E-state index is 11.5. The van der Waals surface area contributed by atoms with Gasteiger partial charge in [-0.1, -0.05) is 17.7 Å². The first-order valence-electron chi connectivity index (χ1n) is 8.15. The van der Waals surface area contributed by atoms with Crippen LogP contribution < -0.4 is 11.1 Å². The van der Waals surface area contributed by atoms with Crippen LogP contribution in [0, 0.1) is 0 Å². The van der Waals surface area contributed by atoms with Crippen molar-refractivity contribution in [2.45, 2.75) is 0 Å². The maximum absolute atomic E-state index is 11.5. The van der Waals surface area contributed by atoms with E-state index in [9.17, 15) is 15.0 Å². The summed E-state index contributed by atoms with van der Waals surface area (Å²) in [5, 5.41) is 31.7. The Bertz CT molecular complexity index is 1230. The minimum absolute atomic E-state index is 0.0717. The third-order valence-corrected chi connectivity index (χ3v) is 4.73. The van der Waals surface area contributed by atoms with Gasteiger partial charge in [-0.3, -0.25) is 9.88 Å². The summed E-state index contributed by atoms with van der Waals surface area (Å²) in [7, 11) is 1.83. The Labute approximate surface area is 163 Å². The summed E-state index contributed by atoms with van der Waals surface area (Å²) in [5.41, 5.74) is 7.05. The molecule has 0 aliphatic heterocycles. The first kappa shape index (κ1) is 17.7. The molecule has 9 nitrogen and oxygen atoms in total. The molecule has 2 amide bonds. The second-order valence-electron chi connectivity index (χ2n) is 6.11. The number of carbonyl (C=O) groups is 1. The number of nitrogens with one attached hydrogen (secondary N) is 1. The highest BCUT2D eigenvalue weighted by Crippen LogP contribution is 2.36. The standard InChI is InChI=1S/C18H15ClN6O3/c1-24-12-3-2-4-13(11(12)8-15(24)19)25-16(22-23-18(25)21-17(20)28)10-6-5-9(26)7-14(10)27/h2-8,26-27H,1H3,(H3,20,21,23,28). The number of anilines is 1. The number of aromatic hydroxyl groups is 2. The summed E-state index contributed by atoms with van der Waals surface area (Å²) in [5.74, 6) is 0.0217. The quantitative estimate of drug-likeness (QED) is 0.421. The molecule has 0 bridgehead atoms. The Balaban J connectivity index is 2.04. The number of rotatable bonds is 3. The van der Waals surface area contributed by atoms with E-state index in [1.807, 2.05) is 23.7 Å². The number of nitrogens with zero attached hydrogens (tertiary/aromatic N) is 4. The van der Waals surface area contributed by atoms with Crippen LogP contribution in [0.1, 0.15) is 0 Å². The molecular weight excluding hydrogens is 384 g/mol. The van der Waals surface area contributed by atoms with Crippen LogP contribution in [-0.2, 0) is 7.05 Å². The first-order valence-corrected chi connectivity index (χ1v) is 8.53. The van der Waals surface area contributed by atoms with E-state index < -0.39 is 6.03 Å². The van der Waals surface area contributed by atoms with Crippen molar-refractivity contribution in [2.75, 3.05) is 5.32 Å². The number of urea groups is 1. The van der Waals surface area contributed by atoms with Crippen LogP contribution in [-0.4, -0.2) is 35.6 Å². The number of carbonyl (C=O) groups excluding carboxylic acids is 1. The number of fused-ring (bicyclic) bond motifs is 1. The lowest BCUT2D eigenvalue weighted by molar-refractivity contribution is 0.259. The van der Waals surface area contributed by atoms with Gasteiger partial charge in [0, 0.05) is 18.5 Å². The Morgan fingerprint density at radius 2 is 1.96 bits per heavy atom. The predicted molar refractivity (Wildman–Crippen MR) is 105 cm³/mol. The zero-order valence-electron chi connectivity index (χ0n) is 14.6. The van der Waals surface area contributed by atoms with Crippen molar-refractivity contribution >= 4 is 34.5 Å². The second-order valence-corrected chi connectivity index (χ2v) is 6.50. The van der Waals surface area contributed by atoms with E-state index in [1.54, 1.807) is 16.7 Å². The number of phenols is 2. The molecule has 0 aliphatic rings. The molecule has 0 saturated carbocycles. The highest BCUT2D eigenvalue weighted by atomic mass is 35.5. The van der Waals surface area contributed by atoms with Crippen LogP contribution in [0.2, 0.25) is 5.15 Å². The summed E-state index contributed by atoms with van der Waals surface area (Å²) >= 11 is 6.27. The van der Waals surface area contributed by atoms with Crippen molar-refractivity contribution in [3.05, 3.63) is 47.6 Å². The minimum atomic E-state index is -0.812. The minimum Gasteiger partial charge on any atom is -0.508 e. The van der Waals surface area contributed by atoms with Crippen LogP contribution in [0.25, 0.3) is 28.0 Å². The number of aryl methyl sites for hydroxylation is 1. The van der Waals surface area contributed by atoms with E-state index in [0.29, 0.717) is 16.4 Å². The molecule has 10 heteroatoms. The number of hydrogen-bond acceptors (Lipinski definition) is 5. The summed E-state index contributed by atoms with van der Waals surface area (Å²) in [6, 6.07) is 10.6. The average molecular weight is 399 g/mol. The summed E-state index contributed by atoms with van der Waals surface area (Å²) in [6.07, 6.45) is 0. The molecule has 0 unspecified atom stereocenters. The Hall–Kier alpha value is -3.72. The van der Waals surface area contributed by atoms with Crippen molar-refractivity contribution in [1.82, 2.24) is 19.3 Å². The van der Waals surface area contributed by atoms with Gasteiger partial charge in [0.15, 0.2) is 5.82 Å². The van der Waals surface area contributed by atoms with Crippen LogP contribution >= 0.6 is 11.6 Å². The summed E-state index contributed by atoms with van der Waals surface area (Å²) in [6.45, 7) is 0. The number of benzene rings is 2. The van der Waals surface area contributed by atoms with Gasteiger partial charge in [-0.05, 0) is 30.3 Å². The third kappa shape index (κ3) is 2.78. The van der Waals surface area contributed by atoms with Crippen LogP contribution in [0.3, 0.4) is 0 Å². The van der Waals surface area contributed by atoms with Crippen LogP contribution in [0.15, 0.2) is 42.5 Å². The zero-order valence-corrected chi connectivity index (χ0v) is 15.3. The normalized spacial score (nSPS) is 11.1. The molecule has 2 aromatic carbocycles. The predicted octanol–water partition coefficient (Wildman–Crippen LogP) is 2.98. The van der Waals surface area contributed by atoms with Crippen molar-refractivity contribution in [1.29, 1.82) is 0 Å². The van der Waals surface area contributed by atoms with E-state index in [2.05, 4.69) is 15.5 Å². The lowest BCUT2D eigenvalue weighted by atomic mass is 10.1. The fourth-order valence-corrected chi connectivity index (χ4v) is 3.29. The van der Waals surface area contributed by atoms with E-state index in [-0.39, 0.29) is 23.3 Å². The molecule has 5 N–H and O–H groups in total. The topological polar surface area (TPSA) is 131 Å². The van der Waals surface area contributed by atoms with Crippen molar-refractivity contribution in [3.8, 4) is 28.6 Å². The Morgan fingerprint density at radius 3 is 2.68 bits per heavy atom. The first-order chi connectivity index (χ1) is 13.4. The molecule has 4 rings (SSSR count). The van der Waals surface area contributed by atoms with Gasteiger partial charge in [0.1, 0.15) is 16.7 Å². The third-order valence-electron chi connectivity index (χ3n) is 4.37. The molecule has 142 valence electrons. The van der Waals surface area contributed by atoms with Gasteiger partial charge in [-0.25, -0.2) is 4.79 Å². The van der Waals surface area contributed by atoms with E-state index in [1.165, 1.54) is 18.2 Å². The fourth-order valence-electron chi connectivity index (χ4n) is 3.09. The highest BCUT2D eigenvalue weighted by Gasteiger charge is 2.21. The second kappa shape index (κ2) is 6.46. The zero-order chi connectivity index (χ0) is 20.0.